The summed E-state index contributed by atoms with van der Waals surface area (Å²) in [4.78, 5) is 32.8. The molecule has 12 heteroatoms. The Balaban J connectivity index is 1.48. The van der Waals surface area contributed by atoms with Gasteiger partial charge in [-0.3, -0.25) is 9.59 Å². The number of benzene rings is 1. The Labute approximate surface area is 203 Å². The third kappa shape index (κ3) is 4.57. The summed E-state index contributed by atoms with van der Waals surface area (Å²) in [5.74, 6) is 1.07. The molecule has 1 aliphatic heterocycles. The SMILES string of the molecule is COc1ccc(NC(=O)Cn2nc(-c3ccco3)c3sc(N4CCOCC4)nc3c2=O)cc1OC. The van der Waals surface area contributed by atoms with Crippen molar-refractivity contribution in [1.29, 1.82) is 0 Å². The van der Waals surface area contributed by atoms with E-state index in [1.165, 1.54) is 31.8 Å². The van der Waals surface area contributed by atoms with E-state index in [2.05, 4.69) is 20.3 Å². The number of carbonyl (C=O) groups is 1. The van der Waals surface area contributed by atoms with Gasteiger partial charge in [-0.25, -0.2) is 9.67 Å². The molecule has 0 atom stereocenters. The van der Waals surface area contributed by atoms with E-state index in [1.54, 1.807) is 30.3 Å². The lowest BCUT2D eigenvalue weighted by molar-refractivity contribution is -0.117. The van der Waals surface area contributed by atoms with E-state index < -0.39 is 11.5 Å². The smallest absolute Gasteiger partial charge is 0.294 e. The van der Waals surface area contributed by atoms with Crippen LogP contribution in [-0.2, 0) is 16.1 Å². The van der Waals surface area contributed by atoms with Crippen molar-refractivity contribution in [2.24, 2.45) is 0 Å². The number of aromatic nitrogens is 3. The third-order valence-corrected chi connectivity index (χ3v) is 6.61. The molecule has 1 aliphatic rings. The van der Waals surface area contributed by atoms with Crippen LogP contribution in [0.15, 0.2) is 45.8 Å². The number of furan rings is 1. The van der Waals surface area contributed by atoms with Crippen LogP contribution in [0, 0.1) is 0 Å². The van der Waals surface area contributed by atoms with Crippen molar-refractivity contribution in [3.63, 3.8) is 0 Å². The van der Waals surface area contributed by atoms with Crippen LogP contribution in [0.1, 0.15) is 0 Å². The first kappa shape index (κ1) is 22.9. The van der Waals surface area contributed by atoms with Crippen LogP contribution in [0.2, 0.25) is 0 Å². The Morgan fingerprint density at radius 2 is 1.97 bits per heavy atom. The monoisotopic (exact) mass is 497 g/mol. The maximum Gasteiger partial charge on any atom is 0.294 e. The molecule has 0 radical (unpaired) electrons. The number of anilines is 2. The van der Waals surface area contributed by atoms with Gasteiger partial charge in [0.15, 0.2) is 27.9 Å². The summed E-state index contributed by atoms with van der Waals surface area (Å²) in [6.07, 6.45) is 1.53. The molecule has 4 heterocycles. The number of nitrogens with zero attached hydrogens (tertiary/aromatic N) is 4. The number of rotatable bonds is 7. The molecule has 1 N–H and O–H groups in total. The predicted octanol–water partition coefficient (Wildman–Crippen LogP) is 2.61. The highest BCUT2D eigenvalue weighted by atomic mass is 32.1. The fourth-order valence-corrected chi connectivity index (χ4v) is 4.87. The third-order valence-electron chi connectivity index (χ3n) is 5.49. The summed E-state index contributed by atoms with van der Waals surface area (Å²) in [5.41, 5.74) is 0.752. The molecule has 0 spiro atoms. The summed E-state index contributed by atoms with van der Waals surface area (Å²) >= 11 is 1.38. The molecule has 1 aromatic carbocycles. The van der Waals surface area contributed by atoms with E-state index in [1.807, 2.05) is 0 Å². The molecule has 11 nitrogen and oxygen atoms in total. The lowest BCUT2D eigenvalue weighted by atomic mass is 10.2. The Bertz CT molecular complexity index is 1410. The van der Waals surface area contributed by atoms with Crippen molar-refractivity contribution in [1.82, 2.24) is 14.8 Å². The number of amides is 1. The number of morpholine rings is 1. The van der Waals surface area contributed by atoms with Crippen LogP contribution >= 0.6 is 11.3 Å². The molecule has 0 bridgehead atoms. The molecule has 3 aromatic heterocycles. The molecule has 1 fully saturated rings. The second kappa shape index (κ2) is 9.76. The van der Waals surface area contributed by atoms with Gasteiger partial charge in [0.1, 0.15) is 12.2 Å². The van der Waals surface area contributed by atoms with Crippen LogP contribution in [0.25, 0.3) is 21.7 Å². The highest BCUT2D eigenvalue weighted by Crippen LogP contribution is 2.34. The number of methoxy groups -OCH3 is 2. The summed E-state index contributed by atoms with van der Waals surface area (Å²) < 4.78 is 23.2. The van der Waals surface area contributed by atoms with E-state index in [-0.39, 0.29) is 12.1 Å². The minimum Gasteiger partial charge on any atom is -0.493 e. The van der Waals surface area contributed by atoms with Gasteiger partial charge in [0, 0.05) is 24.8 Å². The van der Waals surface area contributed by atoms with Crippen LogP contribution in [0.3, 0.4) is 0 Å². The van der Waals surface area contributed by atoms with Gasteiger partial charge in [0.25, 0.3) is 5.56 Å². The first-order chi connectivity index (χ1) is 17.1. The second-order valence-corrected chi connectivity index (χ2v) is 8.66. The normalized spacial score (nSPS) is 13.7. The Kier molecular flexibility index (Phi) is 6.38. The van der Waals surface area contributed by atoms with Crippen molar-refractivity contribution in [3.05, 3.63) is 46.9 Å². The molecular formula is C23H23N5O6S. The molecule has 35 heavy (non-hydrogen) atoms. The predicted molar refractivity (Wildman–Crippen MR) is 131 cm³/mol. The van der Waals surface area contributed by atoms with Crippen molar-refractivity contribution in [3.8, 4) is 23.0 Å². The Morgan fingerprint density at radius 3 is 2.69 bits per heavy atom. The second-order valence-electron chi connectivity index (χ2n) is 7.68. The summed E-state index contributed by atoms with van der Waals surface area (Å²) in [5, 5.41) is 7.95. The highest BCUT2D eigenvalue weighted by molar-refractivity contribution is 7.22. The summed E-state index contributed by atoms with van der Waals surface area (Å²) in [7, 11) is 3.04. The number of thiazole rings is 1. The van der Waals surface area contributed by atoms with Gasteiger partial charge in [0.2, 0.25) is 5.91 Å². The van der Waals surface area contributed by atoms with Crippen LogP contribution < -0.4 is 25.2 Å². The number of ether oxygens (including phenoxy) is 3. The maximum atomic E-state index is 13.3. The van der Waals surface area contributed by atoms with Crippen LogP contribution in [0.4, 0.5) is 10.8 Å². The Hall–Kier alpha value is -3.90. The van der Waals surface area contributed by atoms with Crippen LogP contribution in [0.5, 0.6) is 11.5 Å². The molecule has 1 saturated heterocycles. The average Bonchev–Trinajstić information content (AvgIpc) is 3.57. The van der Waals surface area contributed by atoms with E-state index in [0.29, 0.717) is 64.8 Å². The van der Waals surface area contributed by atoms with Gasteiger partial charge in [-0.05, 0) is 24.3 Å². The molecule has 5 rings (SSSR count). The van der Waals surface area contributed by atoms with E-state index in [0.717, 1.165) is 4.68 Å². The number of nitrogens with one attached hydrogen (secondary N) is 1. The minimum atomic E-state index is -0.450. The van der Waals surface area contributed by atoms with E-state index in [9.17, 15) is 9.59 Å². The van der Waals surface area contributed by atoms with Crippen molar-refractivity contribution in [2.75, 3.05) is 50.7 Å². The van der Waals surface area contributed by atoms with Crippen molar-refractivity contribution >= 4 is 38.3 Å². The zero-order chi connectivity index (χ0) is 24.4. The molecule has 182 valence electrons. The standard InChI is InChI=1S/C23H23N5O6S/c1-31-15-6-5-14(12-17(15)32-2)24-18(29)13-28-22(30)20-21(19(26-28)16-4-3-9-34-16)35-23(25-20)27-7-10-33-11-8-27/h3-6,9,12H,7-8,10-11,13H2,1-2H3,(H,24,29). The van der Waals surface area contributed by atoms with Gasteiger partial charge >= 0.3 is 0 Å². The highest BCUT2D eigenvalue weighted by Gasteiger charge is 2.23. The molecule has 0 saturated carbocycles. The lowest BCUT2D eigenvalue weighted by Gasteiger charge is -2.25. The van der Waals surface area contributed by atoms with Gasteiger partial charge in [-0.15, -0.1) is 0 Å². The Morgan fingerprint density at radius 1 is 1.17 bits per heavy atom. The molecular weight excluding hydrogens is 474 g/mol. The first-order valence-electron chi connectivity index (χ1n) is 10.9. The molecule has 0 aliphatic carbocycles. The zero-order valence-corrected chi connectivity index (χ0v) is 20.0. The fourth-order valence-electron chi connectivity index (χ4n) is 3.77. The van der Waals surface area contributed by atoms with E-state index in [4.69, 9.17) is 18.6 Å². The van der Waals surface area contributed by atoms with Gasteiger partial charge in [-0.2, -0.15) is 5.10 Å². The van der Waals surface area contributed by atoms with Gasteiger partial charge in [-0.1, -0.05) is 11.3 Å². The average molecular weight is 498 g/mol. The van der Waals surface area contributed by atoms with Gasteiger partial charge < -0.3 is 28.8 Å². The zero-order valence-electron chi connectivity index (χ0n) is 19.1. The number of hydrogen-bond donors (Lipinski definition) is 1. The number of fused-ring (bicyclic) bond motifs is 1. The number of carbonyl (C=O) groups excluding carboxylic acids is 1. The molecule has 0 unspecified atom stereocenters. The minimum absolute atomic E-state index is 0.247. The quantitative estimate of drug-likeness (QED) is 0.411. The fraction of sp³-hybridized carbons (Fsp3) is 0.304. The largest absolute Gasteiger partial charge is 0.493 e. The van der Waals surface area contributed by atoms with Crippen LogP contribution in [-0.4, -0.2) is 61.2 Å². The van der Waals surface area contributed by atoms with Gasteiger partial charge in [0.05, 0.1) is 38.4 Å². The van der Waals surface area contributed by atoms with Crippen molar-refractivity contribution in [2.45, 2.75) is 6.54 Å². The molecule has 4 aromatic rings. The maximum absolute atomic E-state index is 13.3. The first-order valence-corrected chi connectivity index (χ1v) is 11.7. The van der Waals surface area contributed by atoms with Crippen molar-refractivity contribution < 1.29 is 23.4 Å². The van der Waals surface area contributed by atoms with E-state index >= 15 is 0 Å². The number of hydrogen-bond acceptors (Lipinski definition) is 10. The lowest BCUT2D eigenvalue weighted by Crippen LogP contribution is -2.36. The summed E-state index contributed by atoms with van der Waals surface area (Å²) in [6.45, 7) is 2.26. The topological polar surface area (TPSA) is 121 Å². The molecule has 1 amide bonds. The summed E-state index contributed by atoms with van der Waals surface area (Å²) in [6, 6.07) is 8.50.